The highest BCUT2D eigenvalue weighted by Crippen LogP contribution is 2.23. The van der Waals surface area contributed by atoms with Crippen LogP contribution in [0.1, 0.15) is 0 Å². The van der Waals surface area contributed by atoms with E-state index in [0.717, 1.165) is 3.79 Å². The van der Waals surface area contributed by atoms with E-state index in [1.807, 2.05) is 0 Å². The first-order valence-electron chi connectivity index (χ1n) is 2.05. The molecule has 1 aromatic heterocycles. The molecule has 5 heteroatoms. The van der Waals surface area contributed by atoms with Crippen LogP contribution < -0.4 is 0 Å². The fraction of sp³-hybridized carbons (Fsp3) is 0. The van der Waals surface area contributed by atoms with Gasteiger partial charge in [0.25, 0.3) is 0 Å². The van der Waals surface area contributed by atoms with E-state index in [0.29, 0.717) is 4.21 Å². The lowest BCUT2D eigenvalue weighted by molar-refractivity contribution is 0.539. The largest absolute Gasteiger partial charge is 0.768 e. The van der Waals surface area contributed by atoms with Gasteiger partial charge in [-0.05, 0) is 39.1 Å². The molecule has 0 spiro atoms. The Labute approximate surface area is 67.3 Å². The van der Waals surface area contributed by atoms with Crippen LogP contribution in [-0.4, -0.2) is 8.76 Å². The van der Waals surface area contributed by atoms with E-state index in [2.05, 4.69) is 15.9 Å². The van der Waals surface area contributed by atoms with Crippen molar-refractivity contribution in [3.63, 3.8) is 0 Å². The minimum Gasteiger partial charge on any atom is -0.768 e. The third kappa shape index (κ3) is 1.86. The van der Waals surface area contributed by atoms with E-state index in [4.69, 9.17) is 0 Å². The van der Waals surface area contributed by atoms with Crippen molar-refractivity contribution >= 4 is 38.3 Å². The SMILES string of the molecule is O=S([O-])c1ccc(Br)s1. The second-order valence-electron chi connectivity index (χ2n) is 1.29. The zero-order valence-corrected chi connectivity index (χ0v) is 7.38. The molecule has 0 amide bonds. The molecule has 0 bridgehead atoms. The number of halogens is 1. The Bertz CT molecular complexity index is 232. The summed E-state index contributed by atoms with van der Waals surface area (Å²) in [6.07, 6.45) is 0. The molecule has 0 aliphatic rings. The molecule has 1 aromatic rings. The fourth-order valence-corrected chi connectivity index (χ4v) is 2.55. The predicted molar refractivity (Wildman–Crippen MR) is 39.2 cm³/mol. The van der Waals surface area contributed by atoms with Gasteiger partial charge in [0.15, 0.2) is 0 Å². The van der Waals surface area contributed by atoms with Gasteiger partial charge in [-0.2, -0.15) is 0 Å². The number of hydrogen-bond donors (Lipinski definition) is 0. The molecule has 1 rings (SSSR count). The van der Waals surface area contributed by atoms with Crippen LogP contribution >= 0.6 is 27.3 Å². The zero-order chi connectivity index (χ0) is 6.85. The van der Waals surface area contributed by atoms with E-state index in [1.165, 1.54) is 11.3 Å². The van der Waals surface area contributed by atoms with Crippen LogP contribution in [0.2, 0.25) is 0 Å². The molecule has 0 saturated heterocycles. The molecule has 50 valence electrons. The quantitative estimate of drug-likeness (QED) is 0.684. The second kappa shape index (κ2) is 2.92. The van der Waals surface area contributed by atoms with Crippen LogP contribution in [0.4, 0.5) is 0 Å². The third-order valence-corrected chi connectivity index (χ3v) is 3.25. The van der Waals surface area contributed by atoms with Gasteiger partial charge in [0.05, 0.1) is 8.00 Å². The van der Waals surface area contributed by atoms with Gasteiger partial charge in [-0.1, -0.05) is 0 Å². The standard InChI is InChI=1S/C4H3BrO2S2/c5-3-1-2-4(8-3)9(6)7/h1-2H,(H,6,7)/p-1. The molecule has 2 nitrogen and oxygen atoms in total. The topological polar surface area (TPSA) is 40.1 Å². The average Bonchev–Trinajstić information content (AvgIpc) is 2.14. The van der Waals surface area contributed by atoms with Crippen LogP contribution in [0.3, 0.4) is 0 Å². The Balaban J connectivity index is 2.98. The lowest BCUT2D eigenvalue weighted by Crippen LogP contribution is -1.80. The maximum Gasteiger partial charge on any atom is 0.0783 e. The minimum atomic E-state index is -2.07. The molecule has 0 N–H and O–H groups in total. The summed E-state index contributed by atoms with van der Waals surface area (Å²) in [6.45, 7) is 0. The lowest BCUT2D eigenvalue weighted by Gasteiger charge is -1.96. The highest BCUT2D eigenvalue weighted by Gasteiger charge is 1.94. The Kier molecular flexibility index (Phi) is 2.40. The van der Waals surface area contributed by atoms with Crippen molar-refractivity contribution < 1.29 is 8.76 Å². The van der Waals surface area contributed by atoms with E-state index < -0.39 is 11.1 Å². The number of hydrogen-bond acceptors (Lipinski definition) is 3. The van der Waals surface area contributed by atoms with Crippen molar-refractivity contribution in [1.82, 2.24) is 0 Å². The number of rotatable bonds is 1. The van der Waals surface area contributed by atoms with Gasteiger partial charge in [0.2, 0.25) is 0 Å². The summed E-state index contributed by atoms with van der Waals surface area (Å²) in [5.74, 6) is 0. The molecule has 0 saturated carbocycles. The van der Waals surface area contributed by atoms with Crippen LogP contribution in [0.25, 0.3) is 0 Å². The van der Waals surface area contributed by atoms with Crippen LogP contribution in [0.15, 0.2) is 20.1 Å². The first-order valence-corrected chi connectivity index (χ1v) is 4.73. The van der Waals surface area contributed by atoms with Crippen molar-refractivity contribution in [1.29, 1.82) is 0 Å². The Morgan fingerprint density at radius 2 is 2.33 bits per heavy atom. The van der Waals surface area contributed by atoms with E-state index in [1.54, 1.807) is 12.1 Å². The monoisotopic (exact) mass is 225 g/mol. The fourth-order valence-electron chi connectivity index (χ4n) is 0.387. The molecular formula is C4H2BrO2S2-. The van der Waals surface area contributed by atoms with Gasteiger partial charge in [-0.25, -0.2) is 0 Å². The Morgan fingerprint density at radius 1 is 1.67 bits per heavy atom. The summed E-state index contributed by atoms with van der Waals surface area (Å²) in [5, 5.41) is 0. The highest BCUT2D eigenvalue weighted by molar-refractivity contribution is 9.11. The summed E-state index contributed by atoms with van der Waals surface area (Å²) >= 11 is 2.28. The maximum absolute atomic E-state index is 10.2. The average molecular weight is 226 g/mol. The predicted octanol–water partition coefficient (Wildman–Crippen LogP) is 1.75. The Hall–Kier alpha value is 0.290. The van der Waals surface area contributed by atoms with Gasteiger partial charge < -0.3 is 4.55 Å². The molecule has 0 radical (unpaired) electrons. The van der Waals surface area contributed by atoms with E-state index >= 15 is 0 Å². The zero-order valence-electron chi connectivity index (χ0n) is 4.17. The van der Waals surface area contributed by atoms with Gasteiger partial charge in [-0.15, -0.1) is 11.3 Å². The van der Waals surface area contributed by atoms with Gasteiger partial charge in [-0.3, -0.25) is 4.21 Å². The first kappa shape index (κ1) is 7.40. The van der Waals surface area contributed by atoms with Crippen LogP contribution in [0, 0.1) is 0 Å². The summed E-state index contributed by atoms with van der Waals surface area (Å²) < 4.78 is 21.6. The summed E-state index contributed by atoms with van der Waals surface area (Å²) in [7, 11) is 0. The normalized spacial score (nSPS) is 13.6. The molecule has 1 unspecified atom stereocenters. The van der Waals surface area contributed by atoms with Crippen LogP contribution in [-0.2, 0) is 11.1 Å². The van der Waals surface area contributed by atoms with Crippen molar-refractivity contribution in [3.05, 3.63) is 15.9 Å². The van der Waals surface area contributed by atoms with Crippen molar-refractivity contribution in [2.45, 2.75) is 4.21 Å². The summed E-state index contributed by atoms with van der Waals surface area (Å²) in [4.78, 5) is 0. The molecule has 0 aromatic carbocycles. The molecule has 0 aliphatic carbocycles. The highest BCUT2D eigenvalue weighted by atomic mass is 79.9. The number of thiophene rings is 1. The lowest BCUT2D eigenvalue weighted by atomic mass is 10.7. The minimum absolute atomic E-state index is 0.363. The summed E-state index contributed by atoms with van der Waals surface area (Å²) in [6, 6.07) is 3.26. The molecule has 0 aliphatic heterocycles. The second-order valence-corrected chi connectivity index (χ2v) is 4.92. The molecular weight excluding hydrogens is 224 g/mol. The summed E-state index contributed by atoms with van der Waals surface area (Å²) in [5.41, 5.74) is 0. The van der Waals surface area contributed by atoms with Gasteiger partial charge >= 0.3 is 0 Å². The van der Waals surface area contributed by atoms with Gasteiger partial charge in [0.1, 0.15) is 0 Å². The molecule has 1 heterocycles. The molecule has 1 atom stereocenters. The molecule has 9 heavy (non-hydrogen) atoms. The third-order valence-electron chi connectivity index (χ3n) is 0.713. The molecule has 0 fully saturated rings. The smallest absolute Gasteiger partial charge is 0.0783 e. The van der Waals surface area contributed by atoms with E-state index in [-0.39, 0.29) is 0 Å². The van der Waals surface area contributed by atoms with Crippen molar-refractivity contribution in [2.24, 2.45) is 0 Å². The maximum atomic E-state index is 10.2. The van der Waals surface area contributed by atoms with Crippen molar-refractivity contribution in [3.8, 4) is 0 Å². The van der Waals surface area contributed by atoms with Crippen molar-refractivity contribution in [2.75, 3.05) is 0 Å². The first-order chi connectivity index (χ1) is 4.20. The van der Waals surface area contributed by atoms with Crippen LogP contribution in [0.5, 0.6) is 0 Å². The Morgan fingerprint density at radius 3 is 2.56 bits per heavy atom. The van der Waals surface area contributed by atoms with E-state index in [9.17, 15) is 8.76 Å². The van der Waals surface area contributed by atoms with Gasteiger partial charge in [0, 0.05) is 0 Å².